The highest BCUT2D eigenvalue weighted by Gasteiger charge is 2.71. The molecule has 0 aromatic carbocycles. The SMILES string of the molecule is CC(=O)C1(O)[C@@H]2C=C(CO)C[C@]3(O)C(=O)C(C)=C[C@H]3[C@@]2(O)[C@H](C)CC1(C)C. The molecule has 0 saturated heterocycles. The highest BCUT2D eigenvalue weighted by atomic mass is 16.3. The minimum absolute atomic E-state index is 0.138. The molecule has 1 fully saturated rings. The summed E-state index contributed by atoms with van der Waals surface area (Å²) in [4.78, 5) is 25.4. The molecular formula is C21H30O6. The van der Waals surface area contributed by atoms with Crippen LogP contribution in [-0.4, -0.2) is 55.4 Å². The van der Waals surface area contributed by atoms with Crippen molar-refractivity contribution in [3.05, 3.63) is 23.3 Å². The lowest BCUT2D eigenvalue weighted by Crippen LogP contribution is -2.71. The van der Waals surface area contributed by atoms with Crippen molar-refractivity contribution in [2.45, 2.75) is 64.3 Å². The molecule has 1 unspecified atom stereocenters. The maximum Gasteiger partial charge on any atom is 0.190 e. The van der Waals surface area contributed by atoms with Crippen molar-refractivity contribution in [2.75, 3.05) is 6.61 Å². The van der Waals surface area contributed by atoms with Crippen LogP contribution in [-0.2, 0) is 9.59 Å². The van der Waals surface area contributed by atoms with Crippen LogP contribution < -0.4 is 0 Å². The Morgan fingerprint density at radius 3 is 2.30 bits per heavy atom. The molecule has 1 saturated carbocycles. The van der Waals surface area contributed by atoms with Crippen LogP contribution in [0.5, 0.6) is 0 Å². The molecule has 0 aromatic rings. The number of fused-ring (bicyclic) bond motifs is 3. The van der Waals surface area contributed by atoms with E-state index >= 15 is 0 Å². The summed E-state index contributed by atoms with van der Waals surface area (Å²) in [5.74, 6) is -3.40. The second-order valence-corrected chi connectivity index (χ2v) is 9.42. The van der Waals surface area contributed by atoms with E-state index in [2.05, 4.69) is 0 Å². The Labute approximate surface area is 159 Å². The van der Waals surface area contributed by atoms with Gasteiger partial charge in [0, 0.05) is 23.7 Å². The number of Topliss-reactive ketones (excluding diaryl/α,β-unsaturated/α-hetero) is 2. The third-order valence-corrected chi connectivity index (χ3v) is 7.41. The van der Waals surface area contributed by atoms with E-state index in [0.717, 1.165) is 0 Å². The first kappa shape index (κ1) is 20.4. The van der Waals surface area contributed by atoms with Crippen molar-refractivity contribution < 1.29 is 30.0 Å². The Balaban J connectivity index is 2.34. The number of hydrogen-bond acceptors (Lipinski definition) is 6. The van der Waals surface area contributed by atoms with Gasteiger partial charge in [0.2, 0.25) is 0 Å². The third-order valence-electron chi connectivity index (χ3n) is 7.41. The molecule has 27 heavy (non-hydrogen) atoms. The fraction of sp³-hybridized carbons (Fsp3) is 0.714. The third kappa shape index (κ3) is 2.33. The molecule has 0 bridgehead atoms. The Morgan fingerprint density at radius 1 is 1.19 bits per heavy atom. The van der Waals surface area contributed by atoms with E-state index in [9.17, 15) is 30.0 Å². The van der Waals surface area contributed by atoms with Gasteiger partial charge in [0.05, 0.1) is 12.2 Å². The molecule has 3 rings (SSSR count). The average Bonchev–Trinajstić information content (AvgIpc) is 2.73. The highest BCUT2D eigenvalue weighted by Crippen LogP contribution is 2.61. The number of aliphatic hydroxyl groups excluding tert-OH is 1. The lowest BCUT2D eigenvalue weighted by Gasteiger charge is -2.60. The summed E-state index contributed by atoms with van der Waals surface area (Å²) in [5, 5.41) is 44.7. The van der Waals surface area contributed by atoms with Gasteiger partial charge >= 0.3 is 0 Å². The summed E-state index contributed by atoms with van der Waals surface area (Å²) in [7, 11) is 0. The second kappa shape index (κ2) is 5.83. The van der Waals surface area contributed by atoms with Crippen molar-refractivity contribution in [3.63, 3.8) is 0 Å². The maximum absolute atomic E-state index is 12.8. The fourth-order valence-corrected chi connectivity index (χ4v) is 6.00. The molecule has 0 aliphatic heterocycles. The van der Waals surface area contributed by atoms with Gasteiger partial charge in [-0.1, -0.05) is 32.9 Å². The van der Waals surface area contributed by atoms with Crippen LogP contribution >= 0.6 is 0 Å². The van der Waals surface area contributed by atoms with Crippen molar-refractivity contribution in [2.24, 2.45) is 23.2 Å². The molecule has 4 N–H and O–H groups in total. The second-order valence-electron chi connectivity index (χ2n) is 9.42. The lowest BCUT2D eigenvalue weighted by atomic mass is 9.47. The molecular weight excluding hydrogens is 348 g/mol. The number of aliphatic hydroxyl groups is 4. The van der Waals surface area contributed by atoms with Crippen molar-refractivity contribution in [3.8, 4) is 0 Å². The molecule has 0 amide bonds. The lowest BCUT2D eigenvalue weighted by molar-refractivity contribution is -0.240. The number of ketones is 2. The van der Waals surface area contributed by atoms with Crippen LogP contribution in [0.25, 0.3) is 0 Å². The van der Waals surface area contributed by atoms with Crippen LogP contribution in [0.4, 0.5) is 0 Å². The molecule has 0 heterocycles. The van der Waals surface area contributed by atoms with Crippen LogP contribution in [0.1, 0.15) is 47.5 Å². The van der Waals surface area contributed by atoms with Crippen LogP contribution in [0.2, 0.25) is 0 Å². The van der Waals surface area contributed by atoms with Crippen LogP contribution in [0, 0.1) is 23.2 Å². The molecule has 0 radical (unpaired) electrons. The van der Waals surface area contributed by atoms with E-state index in [1.54, 1.807) is 26.8 Å². The summed E-state index contributed by atoms with van der Waals surface area (Å²) >= 11 is 0. The zero-order chi connectivity index (χ0) is 20.6. The highest BCUT2D eigenvalue weighted by molar-refractivity contribution is 6.05. The van der Waals surface area contributed by atoms with Crippen molar-refractivity contribution in [1.29, 1.82) is 0 Å². The Kier molecular flexibility index (Phi) is 4.40. The smallest absolute Gasteiger partial charge is 0.190 e. The number of hydrogen-bond donors (Lipinski definition) is 4. The molecule has 6 atom stereocenters. The van der Waals surface area contributed by atoms with Gasteiger partial charge in [-0.05, 0) is 37.3 Å². The largest absolute Gasteiger partial charge is 0.392 e. The van der Waals surface area contributed by atoms with Gasteiger partial charge in [-0.25, -0.2) is 0 Å². The molecule has 3 aliphatic rings. The van der Waals surface area contributed by atoms with E-state index in [1.807, 2.05) is 6.92 Å². The van der Waals surface area contributed by atoms with E-state index in [1.165, 1.54) is 13.0 Å². The zero-order valence-corrected chi connectivity index (χ0v) is 16.6. The van der Waals surface area contributed by atoms with E-state index < -0.39 is 58.1 Å². The van der Waals surface area contributed by atoms with Gasteiger partial charge in [0.25, 0.3) is 0 Å². The number of carbonyl (C=O) groups excluding carboxylic acids is 2. The van der Waals surface area contributed by atoms with Gasteiger partial charge < -0.3 is 20.4 Å². The Hall–Kier alpha value is -1.34. The predicted molar refractivity (Wildman–Crippen MR) is 98.6 cm³/mol. The van der Waals surface area contributed by atoms with E-state index in [-0.39, 0.29) is 6.42 Å². The summed E-state index contributed by atoms with van der Waals surface area (Å²) in [5.41, 5.74) is -5.66. The Morgan fingerprint density at radius 2 is 1.78 bits per heavy atom. The molecule has 150 valence electrons. The van der Waals surface area contributed by atoms with Crippen LogP contribution in [0.15, 0.2) is 23.3 Å². The summed E-state index contributed by atoms with van der Waals surface area (Å²) in [6.07, 6.45) is 3.29. The van der Waals surface area contributed by atoms with Crippen LogP contribution in [0.3, 0.4) is 0 Å². The molecule has 6 nitrogen and oxygen atoms in total. The minimum atomic E-state index is -1.90. The van der Waals surface area contributed by atoms with Crippen molar-refractivity contribution in [1.82, 2.24) is 0 Å². The molecule has 0 spiro atoms. The van der Waals surface area contributed by atoms with E-state index in [4.69, 9.17) is 0 Å². The van der Waals surface area contributed by atoms with Gasteiger partial charge in [-0.3, -0.25) is 9.59 Å². The predicted octanol–water partition coefficient (Wildman–Crippen LogP) is 0.918. The van der Waals surface area contributed by atoms with Gasteiger partial charge in [0.15, 0.2) is 11.6 Å². The molecule has 6 heteroatoms. The van der Waals surface area contributed by atoms with Crippen molar-refractivity contribution >= 4 is 11.6 Å². The average molecular weight is 378 g/mol. The normalized spacial score (nSPS) is 46.1. The first-order chi connectivity index (χ1) is 12.3. The summed E-state index contributed by atoms with van der Waals surface area (Å²) in [6.45, 7) is 7.84. The first-order valence-electron chi connectivity index (χ1n) is 9.48. The Bertz CT molecular complexity index is 765. The maximum atomic E-state index is 12.8. The summed E-state index contributed by atoms with van der Waals surface area (Å²) < 4.78 is 0. The quantitative estimate of drug-likeness (QED) is 0.531. The van der Waals surface area contributed by atoms with Gasteiger partial charge in [-0.15, -0.1) is 0 Å². The minimum Gasteiger partial charge on any atom is -0.392 e. The fourth-order valence-electron chi connectivity index (χ4n) is 6.00. The topological polar surface area (TPSA) is 115 Å². The monoisotopic (exact) mass is 378 g/mol. The summed E-state index contributed by atoms with van der Waals surface area (Å²) in [6, 6.07) is 0. The van der Waals surface area contributed by atoms with Gasteiger partial charge in [-0.2, -0.15) is 0 Å². The molecule has 0 aromatic heterocycles. The van der Waals surface area contributed by atoms with Gasteiger partial charge in [0.1, 0.15) is 11.2 Å². The standard InChI is InChI=1S/C21H30O6/c1-11-6-15-19(25,17(11)24)9-14(10-22)7-16-20(15,26)12(2)8-18(4,5)21(16,27)13(3)23/h6-7,12,15-16,22,25-27H,8-10H2,1-5H3/t12-,15-,16-,19-,20+,21?/m1/s1. The zero-order valence-electron chi connectivity index (χ0n) is 16.6. The van der Waals surface area contributed by atoms with E-state index in [0.29, 0.717) is 17.6 Å². The number of rotatable bonds is 2. The molecule has 3 aliphatic carbocycles. The first-order valence-corrected chi connectivity index (χ1v) is 9.48. The number of carbonyl (C=O) groups is 2.